The first-order valence-corrected chi connectivity index (χ1v) is 5.29. The summed E-state index contributed by atoms with van der Waals surface area (Å²) in [5.41, 5.74) is 0.907. The summed E-state index contributed by atoms with van der Waals surface area (Å²) in [5, 5.41) is 17.2. The number of hydrogen-bond acceptors (Lipinski definition) is 3. The van der Waals surface area contributed by atoms with Gasteiger partial charge in [-0.15, -0.1) is 0 Å². The second-order valence-corrected chi connectivity index (χ2v) is 3.79. The molecule has 1 unspecified atom stereocenters. The number of carbonyl (C=O) groups is 2. The van der Waals surface area contributed by atoms with Crippen LogP contribution in [-0.4, -0.2) is 16.9 Å². The summed E-state index contributed by atoms with van der Waals surface area (Å²) in [7, 11) is 0. The molecular formula is C13H13NO3. The third-order valence-corrected chi connectivity index (χ3v) is 2.45. The van der Waals surface area contributed by atoms with Crippen LogP contribution in [0.25, 0.3) is 0 Å². The summed E-state index contributed by atoms with van der Waals surface area (Å²) in [6, 6.07) is 11.0. The SMILES string of the molecule is N#CCC(=O)C(CC(=O)O)Cc1ccccc1. The third-order valence-electron chi connectivity index (χ3n) is 2.45. The van der Waals surface area contributed by atoms with Gasteiger partial charge in [0.05, 0.1) is 18.9 Å². The number of hydrogen-bond donors (Lipinski definition) is 1. The van der Waals surface area contributed by atoms with Crippen molar-refractivity contribution in [2.75, 3.05) is 0 Å². The van der Waals surface area contributed by atoms with Crippen molar-refractivity contribution in [2.24, 2.45) is 5.92 Å². The fraction of sp³-hybridized carbons (Fsp3) is 0.308. The quantitative estimate of drug-likeness (QED) is 0.809. The molecule has 0 amide bonds. The minimum atomic E-state index is -1.02. The van der Waals surface area contributed by atoms with Crippen LogP contribution in [0, 0.1) is 17.2 Å². The molecule has 0 aromatic heterocycles. The highest BCUT2D eigenvalue weighted by molar-refractivity contribution is 5.86. The van der Waals surface area contributed by atoms with E-state index in [4.69, 9.17) is 10.4 Å². The van der Waals surface area contributed by atoms with Gasteiger partial charge in [0.1, 0.15) is 0 Å². The highest BCUT2D eigenvalue weighted by Gasteiger charge is 2.21. The van der Waals surface area contributed by atoms with Crippen LogP contribution in [0.5, 0.6) is 0 Å². The van der Waals surface area contributed by atoms with Crippen molar-refractivity contribution in [1.29, 1.82) is 5.26 Å². The van der Waals surface area contributed by atoms with Gasteiger partial charge in [0, 0.05) is 5.92 Å². The van der Waals surface area contributed by atoms with Crippen LogP contribution in [0.1, 0.15) is 18.4 Å². The summed E-state index contributed by atoms with van der Waals surface area (Å²) in [6.07, 6.45) is -0.0894. The molecule has 4 heteroatoms. The van der Waals surface area contributed by atoms with Gasteiger partial charge in [-0.3, -0.25) is 9.59 Å². The fourth-order valence-corrected chi connectivity index (χ4v) is 1.63. The number of nitrogens with zero attached hydrogens (tertiary/aromatic N) is 1. The van der Waals surface area contributed by atoms with Crippen LogP contribution in [0.3, 0.4) is 0 Å². The van der Waals surface area contributed by atoms with E-state index in [1.54, 1.807) is 6.07 Å². The van der Waals surface area contributed by atoms with Crippen LogP contribution >= 0.6 is 0 Å². The molecule has 0 aliphatic carbocycles. The van der Waals surface area contributed by atoms with Crippen molar-refractivity contribution in [2.45, 2.75) is 19.3 Å². The Balaban J connectivity index is 2.74. The van der Waals surface area contributed by atoms with Gasteiger partial charge >= 0.3 is 5.97 Å². The van der Waals surface area contributed by atoms with Gasteiger partial charge in [0.2, 0.25) is 0 Å². The van der Waals surface area contributed by atoms with Gasteiger partial charge in [0.25, 0.3) is 0 Å². The maximum absolute atomic E-state index is 11.6. The minimum absolute atomic E-state index is 0.227. The zero-order valence-electron chi connectivity index (χ0n) is 9.30. The Kier molecular flexibility index (Phi) is 4.89. The number of carboxylic acids is 1. The average Bonchev–Trinajstić information content (AvgIpc) is 2.29. The average molecular weight is 231 g/mol. The molecule has 1 atom stereocenters. The van der Waals surface area contributed by atoms with Gasteiger partial charge in [-0.05, 0) is 12.0 Å². The van der Waals surface area contributed by atoms with E-state index >= 15 is 0 Å². The van der Waals surface area contributed by atoms with E-state index in [-0.39, 0.29) is 18.6 Å². The van der Waals surface area contributed by atoms with E-state index in [1.165, 1.54) is 0 Å². The zero-order chi connectivity index (χ0) is 12.7. The molecule has 0 radical (unpaired) electrons. The molecule has 1 N–H and O–H groups in total. The molecule has 0 fully saturated rings. The van der Waals surface area contributed by atoms with Crippen LogP contribution < -0.4 is 0 Å². The van der Waals surface area contributed by atoms with Gasteiger partial charge in [-0.25, -0.2) is 0 Å². The molecule has 0 spiro atoms. The minimum Gasteiger partial charge on any atom is -0.481 e. The Morgan fingerprint density at radius 1 is 1.29 bits per heavy atom. The van der Waals surface area contributed by atoms with Gasteiger partial charge in [0.15, 0.2) is 5.78 Å². The molecule has 0 bridgehead atoms. The molecule has 0 saturated heterocycles. The molecule has 0 saturated carbocycles. The Morgan fingerprint density at radius 2 is 1.94 bits per heavy atom. The van der Waals surface area contributed by atoms with Gasteiger partial charge in [-0.2, -0.15) is 5.26 Å². The van der Waals surface area contributed by atoms with E-state index in [0.717, 1.165) is 5.56 Å². The Morgan fingerprint density at radius 3 is 2.47 bits per heavy atom. The van der Waals surface area contributed by atoms with Gasteiger partial charge in [-0.1, -0.05) is 30.3 Å². The molecule has 0 aliphatic heterocycles. The van der Waals surface area contributed by atoms with Crippen molar-refractivity contribution < 1.29 is 14.7 Å². The number of aliphatic carboxylic acids is 1. The van der Waals surface area contributed by atoms with E-state index in [1.807, 2.05) is 30.3 Å². The van der Waals surface area contributed by atoms with Crippen molar-refractivity contribution >= 4 is 11.8 Å². The summed E-state index contributed by atoms with van der Waals surface area (Å²) >= 11 is 0. The number of rotatable bonds is 6. The molecule has 1 aromatic rings. The molecule has 17 heavy (non-hydrogen) atoms. The second kappa shape index (κ2) is 6.44. The summed E-state index contributed by atoms with van der Waals surface area (Å²) < 4.78 is 0. The van der Waals surface area contributed by atoms with E-state index < -0.39 is 11.9 Å². The first-order valence-electron chi connectivity index (χ1n) is 5.29. The van der Waals surface area contributed by atoms with E-state index in [9.17, 15) is 9.59 Å². The first kappa shape index (κ1) is 12.9. The lowest BCUT2D eigenvalue weighted by atomic mass is 9.91. The highest BCUT2D eigenvalue weighted by atomic mass is 16.4. The van der Waals surface area contributed by atoms with Crippen molar-refractivity contribution in [3.05, 3.63) is 35.9 Å². The largest absolute Gasteiger partial charge is 0.481 e. The van der Waals surface area contributed by atoms with E-state index in [0.29, 0.717) is 6.42 Å². The van der Waals surface area contributed by atoms with E-state index in [2.05, 4.69) is 0 Å². The lowest BCUT2D eigenvalue weighted by Crippen LogP contribution is -2.20. The standard InChI is InChI=1S/C13H13NO3/c14-7-6-12(15)11(9-13(16)17)8-10-4-2-1-3-5-10/h1-5,11H,6,8-9H2,(H,16,17). The number of ketones is 1. The Labute approximate surface area is 99.5 Å². The molecule has 0 aliphatic rings. The smallest absolute Gasteiger partial charge is 0.304 e. The lowest BCUT2D eigenvalue weighted by Gasteiger charge is -2.11. The topological polar surface area (TPSA) is 78.2 Å². The normalized spacial score (nSPS) is 11.5. The predicted octanol–water partition coefficient (Wildman–Crippen LogP) is 1.80. The predicted molar refractivity (Wildman–Crippen MR) is 61.1 cm³/mol. The summed E-state index contributed by atoms with van der Waals surface area (Å²) in [6.45, 7) is 0. The van der Waals surface area contributed by atoms with Crippen molar-refractivity contribution in [3.63, 3.8) is 0 Å². The number of benzene rings is 1. The third kappa shape index (κ3) is 4.47. The van der Waals surface area contributed by atoms with Crippen molar-refractivity contribution in [3.8, 4) is 6.07 Å². The second-order valence-electron chi connectivity index (χ2n) is 3.79. The van der Waals surface area contributed by atoms with Crippen LogP contribution in [0.2, 0.25) is 0 Å². The zero-order valence-corrected chi connectivity index (χ0v) is 9.30. The van der Waals surface area contributed by atoms with Crippen LogP contribution in [0.15, 0.2) is 30.3 Å². The number of carboxylic acid groups (broad SMARTS) is 1. The van der Waals surface area contributed by atoms with Crippen molar-refractivity contribution in [1.82, 2.24) is 0 Å². The monoisotopic (exact) mass is 231 g/mol. The summed E-state index contributed by atoms with van der Waals surface area (Å²) in [5.74, 6) is -1.94. The maximum Gasteiger partial charge on any atom is 0.304 e. The highest BCUT2D eigenvalue weighted by Crippen LogP contribution is 2.15. The maximum atomic E-state index is 11.6. The molecule has 1 aromatic carbocycles. The van der Waals surface area contributed by atoms with Gasteiger partial charge < -0.3 is 5.11 Å². The molecule has 4 nitrogen and oxygen atoms in total. The Hall–Kier alpha value is -2.15. The molecular weight excluding hydrogens is 218 g/mol. The molecule has 1 rings (SSSR count). The Bertz CT molecular complexity index is 434. The first-order chi connectivity index (χ1) is 8.13. The molecule has 88 valence electrons. The van der Waals surface area contributed by atoms with Crippen LogP contribution in [0.4, 0.5) is 0 Å². The number of nitriles is 1. The molecule has 0 heterocycles. The number of carbonyl (C=O) groups excluding carboxylic acids is 1. The lowest BCUT2D eigenvalue weighted by molar-refractivity contribution is -0.140. The number of Topliss-reactive ketones (excluding diaryl/α,β-unsaturated/α-hetero) is 1. The summed E-state index contributed by atoms with van der Waals surface area (Å²) in [4.78, 5) is 22.3. The van der Waals surface area contributed by atoms with Crippen LogP contribution in [-0.2, 0) is 16.0 Å². The fourth-order valence-electron chi connectivity index (χ4n) is 1.63.